The number of likely N-dealkylation sites (tertiary alicyclic amines) is 1. The molecule has 166 valence electrons. The minimum atomic E-state index is -0.500. The largest absolute Gasteiger partial charge is 0.444 e. The van der Waals surface area contributed by atoms with Gasteiger partial charge in [0.2, 0.25) is 5.89 Å². The van der Waals surface area contributed by atoms with Crippen LogP contribution in [0.1, 0.15) is 123 Å². The Morgan fingerprint density at radius 3 is 2.31 bits per heavy atom. The number of hydrogen-bond acceptors (Lipinski definition) is 5. The smallest absolute Gasteiger partial charge is 0.410 e. The molecule has 29 heavy (non-hydrogen) atoms. The predicted octanol–water partition coefficient (Wildman–Crippen LogP) is 6.61. The zero-order chi connectivity index (χ0) is 21.1. The molecule has 2 rings (SSSR count). The summed E-state index contributed by atoms with van der Waals surface area (Å²) in [6.07, 6.45) is 15.5. The monoisotopic (exact) mass is 407 g/mol. The summed E-state index contributed by atoms with van der Waals surface area (Å²) in [7, 11) is 0. The van der Waals surface area contributed by atoms with Crippen molar-refractivity contribution in [1.29, 1.82) is 0 Å². The number of carbonyl (C=O) groups is 1. The number of aryl methyl sites for hydroxylation is 1. The van der Waals surface area contributed by atoms with Gasteiger partial charge in [-0.15, -0.1) is 0 Å². The normalized spacial score (nSPS) is 17.1. The van der Waals surface area contributed by atoms with E-state index in [1.807, 2.05) is 20.8 Å². The zero-order valence-electron chi connectivity index (χ0n) is 19.0. The molecular formula is C23H41N3O3. The van der Waals surface area contributed by atoms with Crippen LogP contribution in [0.4, 0.5) is 4.79 Å². The van der Waals surface area contributed by atoms with Crippen LogP contribution < -0.4 is 0 Å². The molecule has 0 N–H and O–H groups in total. The molecule has 1 aliphatic heterocycles. The summed E-state index contributed by atoms with van der Waals surface area (Å²) in [4.78, 5) is 18.7. The van der Waals surface area contributed by atoms with Crippen molar-refractivity contribution in [2.75, 3.05) is 6.54 Å². The lowest BCUT2D eigenvalue weighted by Gasteiger charge is -2.26. The summed E-state index contributed by atoms with van der Waals surface area (Å²) in [5, 5.41) is 4.14. The summed E-state index contributed by atoms with van der Waals surface area (Å²) in [5.74, 6) is 1.31. The lowest BCUT2D eigenvalue weighted by molar-refractivity contribution is 0.0199. The second-order valence-corrected chi connectivity index (χ2v) is 9.31. The number of aromatic nitrogens is 2. The summed E-state index contributed by atoms with van der Waals surface area (Å²) >= 11 is 0. The average molecular weight is 408 g/mol. The van der Waals surface area contributed by atoms with E-state index < -0.39 is 5.60 Å². The van der Waals surface area contributed by atoms with Gasteiger partial charge in [0, 0.05) is 13.0 Å². The van der Waals surface area contributed by atoms with E-state index in [-0.39, 0.29) is 12.1 Å². The number of nitrogens with zero attached hydrogens (tertiary/aromatic N) is 3. The van der Waals surface area contributed by atoms with Crippen LogP contribution in [0.2, 0.25) is 0 Å². The highest BCUT2D eigenvalue weighted by Crippen LogP contribution is 2.32. The quantitative estimate of drug-likeness (QED) is 0.365. The molecule has 0 aromatic carbocycles. The molecular weight excluding hydrogens is 366 g/mol. The van der Waals surface area contributed by atoms with Crippen molar-refractivity contribution >= 4 is 6.09 Å². The van der Waals surface area contributed by atoms with Crippen molar-refractivity contribution in [2.24, 2.45) is 0 Å². The van der Waals surface area contributed by atoms with Gasteiger partial charge in [-0.05, 0) is 40.0 Å². The van der Waals surface area contributed by atoms with Gasteiger partial charge in [0.05, 0.1) is 0 Å². The Balaban J connectivity index is 1.66. The highest BCUT2D eigenvalue weighted by Gasteiger charge is 2.36. The van der Waals surface area contributed by atoms with Gasteiger partial charge in [-0.2, -0.15) is 4.98 Å². The van der Waals surface area contributed by atoms with E-state index in [1.165, 1.54) is 57.8 Å². The first-order chi connectivity index (χ1) is 13.9. The fraction of sp³-hybridized carbons (Fsp3) is 0.870. The minimum Gasteiger partial charge on any atom is -0.444 e. The second kappa shape index (κ2) is 12.2. The van der Waals surface area contributed by atoms with Gasteiger partial charge in [0.25, 0.3) is 0 Å². The van der Waals surface area contributed by atoms with Gasteiger partial charge in [-0.25, -0.2) is 4.79 Å². The molecule has 1 fully saturated rings. The van der Waals surface area contributed by atoms with Crippen molar-refractivity contribution in [1.82, 2.24) is 15.0 Å². The summed E-state index contributed by atoms with van der Waals surface area (Å²) in [6, 6.07) is -0.154. The molecule has 0 saturated carbocycles. The maximum absolute atomic E-state index is 12.4. The van der Waals surface area contributed by atoms with Crippen LogP contribution in [0.3, 0.4) is 0 Å². The van der Waals surface area contributed by atoms with Gasteiger partial charge in [0.15, 0.2) is 5.82 Å². The molecule has 1 amide bonds. The molecule has 6 heteroatoms. The standard InChI is InChI=1S/C23H41N3O3/c1-5-6-7-8-9-10-11-12-13-14-17-20-24-21(29-25-20)19-16-15-18-26(19)22(27)28-23(2,3)4/h19H,5-18H2,1-4H3. The third-order valence-electron chi connectivity index (χ3n) is 5.40. The average Bonchev–Trinajstić information content (AvgIpc) is 3.30. The van der Waals surface area contributed by atoms with Crippen molar-refractivity contribution in [3.05, 3.63) is 11.7 Å². The fourth-order valence-electron chi connectivity index (χ4n) is 3.84. The number of hydrogen-bond donors (Lipinski definition) is 0. The molecule has 0 bridgehead atoms. The summed E-state index contributed by atoms with van der Waals surface area (Å²) < 4.78 is 11.0. The predicted molar refractivity (Wildman–Crippen MR) is 115 cm³/mol. The Kier molecular flexibility index (Phi) is 9.95. The summed E-state index contributed by atoms with van der Waals surface area (Å²) in [5.41, 5.74) is -0.500. The van der Waals surface area contributed by atoms with Crippen molar-refractivity contribution in [3.8, 4) is 0 Å². The number of ether oxygens (including phenoxy) is 1. The number of amides is 1. The van der Waals surface area contributed by atoms with Crippen LogP contribution >= 0.6 is 0 Å². The van der Waals surface area contributed by atoms with Crippen LogP contribution in [0.25, 0.3) is 0 Å². The molecule has 1 atom stereocenters. The highest BCUT2D eigenvalue weighted by atomic mass is 16.6. The van der Waals surface area contributed by atoms with Crippen LogP contribution in [-0.4, -0.2) is 33.3 Å². The first-order valence-corrected chi connectivity index (χ1v) is 11.7. The molecule has 0 radical (unpaired) electrons. The Morgan fingerprint density at radius 1 is 1.07 bits per heavy atom. The maximum atomic E-state index is 12.4. The minimum absolute atomic E-state index is 0.154. The van der Waals surface area contributed by atoms with Crippen molar-refractivity contribution in [3.63, 3.8) is 0 Å². The maximum Gasteiger partial charge on any atom is 0.410 e. The van der Waals surface area contributed by atoms with Crippen molar-refractivity contribution in [2.45, 2.75) is 123 Å². The van der Waals surface area contributed by atoms with Crippen LogP contribution in [-0.2, 0) is 11.2 Å². The molecule has 2 heterocycles. The fourth-order valence-corrected chi connectivity index (χ4v) is 3.84. The van der Waals surface area contributed by atoms with Crippen molar-refractivity contribution < 1.29 is 14.1 Å². The topological polar surface area (TPSA) is 68.5 Å². The van der Waals surface area contributed by atoms with E-state index in [4.69, 9.17) is 9.26 Å². The van der Waals surface area contributed by atoms with Crippen LogP contribution in [0.5, 0.6) is 0 Å². The third kappa shape index (κ3) is 8.75. The number of rotatable bonds is 12. The van der Waals surface area contributed by atoms with Crippen LogP contribution in [0, 0.1) is 0 Å². The van der Waals surface area contributed by atoms with E-state index >= 15 is 0 Å². The van der Waals surface area contributed by atoms with E-state index in [0.29, 0.717) is 12.4 Å². The SMILES string of the molecule is CCCCCCCCCCCCc1noc(C2CCCN2C(=O)OC(C)(C)C)n1. The van der Waals surface area contributed by atoms with Gasteiger partial charge >= 0.3 is 6.09 Å². The Hall–Kier alpha value is -1.59. The van der Waals surface area contributed by atoms with E-state index in [2.05, 4.69) is 17.1 Å². The molecule has 6 nitrogen and oxygen atoms in total. The Bertz CT molecular complexity index is 594. The molecule has 1 saturated heterocycles. The Morgan fingerprint density at radius 2 is 1.69 bits per heavy atom. The third-order valence-corrected chi connectivity index (χ3v) is 5.40. The molecule has 1 unspecified atom stereocenters. The molecule has 0 aliphatic carbocycles. The van der Waals surface area contributed by atoms with Crippen LogP contribution in [0.15, 0.2) is 4.52 Å². The lowest BCUT2D eigenvalue weighted by Crippen LogP contribution is -2.36. The number of unbranched alkanes of at least 4 members (excludes halogenated alkanes) is 9. The van der Waals surface area contributed by atoms with Gasteiger partial charge in [0.1, 0.15) is 11.6 Å². The molecule has 1 aromatic heterocycles. The molecule has 1 aliphatic rings. The van der Waals surface area contributed by atoms with E-state index in [1.54, 1.807) is 4.90 Å². The lowest BCUT2D eigenvalue weighted by atomic mass is 10.1. The van der Waals surface area contributed by atoms with E-state index in [0.717, 1.165) is 31.5 Å². The highest BCUT2D eigenvalue weighted by molar-refractivity contribution is 5.69. The number of carbonyl (C=O) groups excluding carboxylic acids is 1. The van der Waals surface area contributed by atoms with Gasteiger partial charge in [-0.3, -0.25) is 4.90 Å². The first kappa shape index (κ1) is 23.7. The Labute approximate surface area is 176 Å². The zero-order valence-corrected chi connectivity index (χ0v) is 19.0. The molecule has 1 aromatic rings. The summed E-state index contributed by atoms with van der Waals surface area (Å²) in [6.45, 7) is 8.58. The molecule has 0 spiro atoms. The first-order valence-electron chi connectivity index (χ1n) is 11.7. The van der Waals surface area contributed by atoms with Gasteiger partial charge < -0.3 is 9.26 Å². The van der Waals surface area contributed by atoms with Gasteiger partial charge in [-0.1, -0.05) is 69.9 Å². The second-order valence-electron chi connectivity index (χ2n) is 9.31. The van der Waals surface area contributed by atoms with E-state index in [9.17, 15) is 4.79 Å².